The van der Waals surface area contributed by atoms with Crippen molar-refractivity contribution >= 4 is 17.6 Å². The van der Waals surface area contributed by atoms with Gasteiger partial charge in [0, 0.05) is 11.4 Å². The van der Waals surface area contributed by atoms with Gasteiger partial charge in [-0.15, -0.1) is 0 Å². The fraction of sp³-hybridized carbons (Fsp3) is 0.500. The largest absolute Gasteiger partial charge is 0.481 e. The van der Waals surface area contributed by atoms with Gasteiger partial charge >= 0.3 is 5.97 Å². The van der Waals surface area contributed by atoms with Gasteiger partial charge in [0.2, 0.25) is 0 Å². The number of carbonyl (C=O) groups is 1. The van der Waals surface area contributed by atoms with Gasteiger partial charge in [0.05, 0.1) is 0 Å². The summed E-state index contributed by atoms with van der Waals surface area (Å²) in [5.41, 5.74) is 1.20. The van der Waals surface area contributed by atoms with Gasteiger partial charge in [-0.2, -0.15) is 0 Å². The molecule has 1 aromatic carbocycles. The van der Waals surface area contributed by atoms with Crippen LogP contribution in [0, 0.1) is 5.92 Å². The average molecular weight is 253 g/mol. The molecule has 2 rings (SSSR count). The lowest BCUT2D eigenvalue weighted by Crippen LogP contribution is -2.20. The molecule has 0 heterocycles. The highest BCUT2D eigenvalue weighted by Gasteiger charge is 2.28. The summed E-state index contributed by atoms with van der Waals surface area (Å²) in [7, 11) is 0. The Morgan fingerprint density at radius 1 is 1.35 bits per heavy atom. The molecule has 2 unspecified atom stereocenters. The molecule has 0 radical (unpaired) electrons. The van der Waals surface area contributed by atoms with Crippen LogP contribution in [0.1, 0.15) is 43.6 Å². The van der Waals surface area contributed by atoms with Gasteiger partial charge in [-0.3, -0.25) is 4.79 Å². The molecule has 0 amide bonds. The summed E-state index contributed by atoms with van der Waals surface area (Å²) < 4.78 is 0. The van der Waals surface area contributed by atoms with Gasteiger partial charge in [0.15, 0.2) is 0 Å². The molecule has 0 bridgehead atoms. The Kier molecular flexibility index (Phi) is 4.06. The summed E-state index contributed by atoms with van der Waals surface area (Å²) in [5, 5.41) is 9.70. The lowest BCUT2D eigenvalue weighted by Gasteiger charge is -2.31. The third-order valence-electron chi connectivity index (χ3n) is 3.62. The Balaban J connectivity index is 2.18. The smallest absolute Gasteiger partial charge is 0.303 e. The van der Waals surface area contributed by atoms with E-state index in [1.165, 1.54) is 12.0 Å². The van der Waals surface area contributed by atoms with Gasteiger partial charge in [-0.1, -0.05) is 36.6 Å². The van der Waals surface area contributed by atoms with Crippen LogP contribution in [0.2, 0.25) is 5.02 Å². The Bertz CT molecular complexity index is 403. The minimum atomic E-state index is -0.691. The molecule has 1 N–H and O–H groups in total. The first-order valence-electron chi connectivity index (χ1n) is 6.14. The van der Waals surface area contributed by atoms with Crippen LogP contribution in [0.4, 0.5) is 0 Å². The maximum atomic E-state index is 10.9. The van der Waals surface area contributed by atoms with Crippen molar-refractivity contribution in [2.45, 2.75) is 38.0 Å². The Hall–Kier alpha value is -1.02. The van der Waals surface area contributed by atoms with Gasteiger partial charge in [0.25, 0.3) is 0 Å². The highest BCUT2D eigenvalue weighted by Crippen LogP contribution is 2.40. The number of carboxylic acids is 1. The molecule has 0 aliphatic heterocycles. The molecule has 0 aromatic heterocycles. The van der Waals surface area contributed by atoms with Crippen molar-refractivity contribution in [3.8, 4) is 0 Å². The van der Waals surface area contributed by atoms with E-state index in [0.29, 0.717) is 5.92 Å². The van der Waals surface area contributed by atoms with E-state index in [0.717, 1.165) is 24.3 Å². The van der Waals surface area contributed by atoms with Gasteiger partial charge < -0.3 is 5.11 Å². The third-order valence-corrected chi connectivity index (χ3v) is 3.86. The van der Waals surface area contributed by atoms with E-state index in [4.69, 9.17) is 16.7 Å². The first kappa shape index (κ1) is 12.4. The second kappa shape index (κ2) is 5.54. The molecule has 3 heteroatoms. The van der Waals surface area contributed by atoms with Crippen LogP contribution in [-0.2, 0) is 4.79 Å². The van der Waals surface area contributed by atoms with E-state index in [-0.39, 0.29) is 12.3 Å². The molecule has 17 heavy (non-hydrogen) atoms. The van der Waals surface area contributed by atoms with Crippen LogP contribution in [0.15, 0.2) is 24.3 Å². The van der Waals surface area contributed by atoms with E-state index in [1.54, 1.807) is 0 Å². The number of carboxylic acid groups (broad SMARTS) is 1. The fourth-order valence-electron chi connectivity index (χ4n) is 2.85. The molecule has 1 fully saturated rings. The van der Waals surface area contributed by atoms with Crippen LogP contribution in [0.25, 0.3) is 0 Å². The molecular weight excluding hydrogens is 236 g/mol. The minimum Gasteiger partial charge on any atom is -0.481 e. The van der Waals surface area contributed by atoms with Crippen LogP contribution in [-0.4, -0.2) is 11.1 Å². The van der Waals surface area contributed by atoms with Gasteiger partial charge in [-0.05, 0) is 42.4 Å². The molecule has 1 aromatic rings. The van der Waals surface area contributed by atoms with Crippen molar-refractivity contribution in [2.75, 3.05) is 0 Å². The van der Waals surface area contributed by atoms with Crippen molar-refractivity contribution < 1.29 is 9.90 Å². The number of hydrogen-bond donors (Lipinski definition) is 1. The zero-order valence-corrected chi connectivity index (χ0v) is 10.5. The monoisotopic (exact) mass is 252 g/mol. The number of benzene rings is 1. The zero-order chi connectivity index (χ0) is 12.3. The van der Waals surface area contributed by atoms with Gasteiger partial charge in [-0.25, -0.2) is 0 Å². The summed E-state index contributed by atoms with van der Waals surface area (Å²) in [4.78, 5) is 10.9. The van der Waals surface area contributed by atoms with Crippen molar-refractivity contribution in [3.63, 3.8) is 0 Å². The predicted molar refractivity (Wildman–Crippen MR) is 68.4 cm³/mol. The molecule has 1 aliphatic carbocycles. The van der Waals surface area contributed by atoms with Crippen molar-refractivity contribution in [1.82, 2.24) is 0 Å². The molecule has 1 saturated carbocycles. The molecular formula is C14H17ClO2. The van der Waals surface area contributed by atoms with Crippen LogP contribution in [0.5, 0.6) is 0 Å². The van der Waals surface area contributed by atoms with Crippen LogP contribution >= 0.6 is 11.6 Å². The first-order chi connectivity index (χ1) is 8.16. The number of halogens is 1. The predicted octanol–water partition coefficient (Wildman–Crippen LogP) is 4.09. The second-order valence-electron chi connectivity index (χ2n) is 4.80. The Morgan fingerprint density at radius 2 is 2.12 bits per heavy atom. The standard InChI is InChI=1S/C14H17ClO2/c15-12-6-3-5-10(8-12)13-7-2-1-4-11(13)9-14(16)17/h3,5-6,8,11,13H,1-2,4,7,9H2,(H,16,17). The van der Waals surface area contributed by atoms with E-state index >= 15 is 0 Å². The molecule has 0 saturated heterocycles. The van der Waals surface area contributed by atoms with E-state index in [2.05, 4.69) is 6.07 Å². The summed E-state index contributed by atoms with van der Waals surface area (Å²) in [6.07, 6.45) is 4.71. The highest BCUT2D eigenvalue weighted by atomic mass is 35.5. The fourth-order valence-corrected chi connectivity index (χ4v) is 3.05. The first-order valence-corrected chi connectivity index (χ1v) is 6.52. The number of rotatable bonds is 3. The topological polar surface area (TPSA) is 37.3 Å². The summed E-state index contributed by atoms with van der Waals surface area (Å²) in [5.74, 6) is -0.0674. The normalized spacial score (nSPS) is 24.5. The highest BCUT2D eigenvalue weighted by molar-refractivity contribution is 6.30. The van der Waals surface area contributed by atoms with E-state index < -0.39 is 5.97 Å². The van der Waals surface area contributed by atoms with Gasteiger partial charge in [0.1, 0.15) is 0 Å². The molecule has 1 aliphatic rings. The SMILES string of the molecule is O=C(O)CC1CCCCC1c1cccc(Cl)c1. The quantitative estimate of drug-likeness (QED) is 0.880. The maximum absolute atomic E-state index is 10.9. The molecule has 0 spiro atoms. The van der Waals surface area contributed by atoms with Crippen molar-refractivity contribution in [3.05, 3.63) is 34.9 Å². The number of aliphatic carboxylic acids is 1. The summed E-state index contributed by atoms with van der Waals surface area (Å²) in [6, 6.07) is 7.85. The van der Waals surface area contributed by atoms with Crippen LogP contribution < -0.4 is 0 Å². The molecule has 92 valence electrons. The van der Waals surface area contributed by atoms with Crippen molar-refractivity contribution in [1.29, 1.82) is 0 Å². The lowest BCUT2D eigenvalue weighted by molar-refractivity contribution is -0.138. The Labute approximate surface area is 107 Å². The lowest BCUT2D eigenvalue weighted by atomic mass is 9.74. The molecule has 2 atom stereocenters. The second-order valence-corrected chi connectivity index (χ2v) is 5.24. The van der Waals surface area contributed by atoms with Crippen LogP contribution in [0.3, 0.4) is 0 Å². The molecule has 2 nitrogen and oxygen atoms in total. The third kappa shape index (κ3) is 3.22. The maximum Gasteiger partial charge on any atom is 0.303 e. The zero-order valence-electron chi connectivity index (χ0n) is 9.73. The minimum absolute atomic E-state index is 0.264. The van der Waals surface area contributed by atoms with Crippen molar-refractivity contribution in [2.24, 2.45) is 5.92 Å². The van der Waals surface area contributed by atoms with E-state index in [9.17, 15) is 4.79 Å². The number of hydrogen-bond acceptors (Lipinski definition) is 1. The summed E-state index contributed by atoms with van der Waals surface area (Å²) >= 11 is 6.00. The Morgan fingerprint density at radius 3 is 2.82 bits per heavy atom. The summed E-state index contributed by atoms with van der Waals surface area (Å²) in [6.45, 7) is 0. The van der Waals surface area contributed by atoms with E-state index in [1.807, 2.05) is 18.2 Å². The average Bonchev–Trinajstić information content (AvgIpc) is 2.29.